The van der Waals surface area contributed by atoms with Gasteiger partial charge in [-0.05, 0) is 17.7 Å². The normalized spacial score (nSPS) is 27.2. The van der Waals surface area contributed by atoms with Crippen molar-refractivity contribution in [2.24, 2.45) is 4.99 Å². The number of nitrogens with zero attached hydrogens (tertiary/aromatic N) is 1. The maximum atomic E-state index is 12.7. The second-order valence-corrected chi connectivity index (χ2v) is 5.74. The Morgan fingerprint density at radius 3 is 2.95 bits per heavy atom. The number of rotatable bonds is 0. The molecular formula is C17H13NO4. The third kappa shape index (κ3) is 1.29. The molecule has 0 bridgehead atoms. The molecule has 3 aliphatic heterocycles. The summed E-state index contributed by atoms with van der Waals surface area (Å²) in [5.74, 6) is 1.75. The van der Waals surface area contributed by atoms with Crippen LogP contribution in [0.4, 0.5) is 0 Å². The first-order valence-corrected chi connectivity index (χ1v) is 7.36. The minimum Gasteiger partial charge on any atom is -0.487 e. The van der Waals surface area contributed by atoms with Gasteiger partial charge in [0.15, 0.2) is 11.5 Å². The van der Waals surface area contributed by atoms with Gasteiger partial charge in [-0.2, -0.15) is 0 Å². The van der Waals surface area contributed by atoms with Gasteiger partial charge < -0.3 is 14.2 Å². The predicted octanol–water partition coefficient (Wildman–Crippen LogP) is 1.96. The summed E-state index contributed by atoms with van der Waals surface area (Å²) < 4.78 is 17.2. The fourth-order valence-electron chi connectivity index (χ4n) is 3.61. The number of aliphatic imine (C=N–C) groups is 1. The van der Waals surface area contributed by atoms with E-state index in [0.29, 0.717) is 36.9 Å². The highest BCUT2D eigenvalue weighted by Crippen LogP contribution is 2.54. The van der Waals surface area contributed by atoms with Crippen molar-refractivity contribution >= 4 is 11.6 Å². The summed E-state index contributed by atoms with van der Waals surface area (Å²) in [4.78, 5) is 17.0. The molecule has 0 N–H and O–H groups in total. The van der Waals surface area contributed by atoms with E-state index in [1.165, 1.54) is 0 Å². The summed E-state index contributed by atoms with van der Waals surface area (Å²) in [6, 6.07) is 3.76. The van der Waals surface area contributed by atoms with E-state index in [2.05, 4.69) is 4.99 Å². The van der Waals surface area contributed by atoms with E-state index >= 15 is 0 Å². The van der Waals surface area contributed by atoms with Crippen molar-refractivity contribution in [3.8, 4) is 17.2 Å². The van der Waals surface area contributed by atoms with E-state index in [1.54, 1.807) is 0 Å². The summed E-state index contributed by atoms with van der Waals surface area (Å²) in [6.07, 6.45) is 6.65. The van der Waals surface area contributed by atoms with Crippen LogP contribution in [0.15, 0.2) is 40.9 Å². The molecule has 22 heavy (non-hydrogen) atoms. The number of hydrogen-bond acceptors (Lipinski definition) is 4. The molecule has 0 aromatic heterocycles. The first-order valence-electron chi connectivity index (χ1n) is 7.36. The zero-order chi connectivity index (χ0) is 14.7. The summed E-state index contributed by atoms with van der Waals surface area (Å²) in [5.41, 5.74) is 1.82. The number of allylic oxidation sites excluding steroid dienone is 3. The Balaban J connectivity index is 1.74. The molecule has 0 saturated carbocycles. The molecule has 1 aromatic carbocycles. The second-order valence-electron chi connectivity index (χ2n) is 5.74. The molecule has 3 heterocycles. The lowest BCUT2D eigenvalue weighted by molar-refractivity contribution is -0.121. The number of amides is 1. The zero-order valence-corrected chi connectivity index (χ0v) is 11.8. The number of carbonyl (C=O) groups is 1. The summed E-state index contributed by atoms with van der Waals surface area (Å²) >= 11 is 0. The maximum Gasteiger partial charge on any atom is 0.264 e. The number of ether oxygens (including phenoxy) is 3. The quantitative estimate of drug-likeness (QED) is 0.734. The smallest absolute Gasteiger partial charge is 0.264 e. The number of fused-ring (bicyclic) bond motifs is 6. The molecule has 4 aliphatic rings. The van der Waals surface area contributed by atoms with E-state index in [1.807, 2.05) is 30.4 Å². The lowest BCUT2D eigenvalue weighted by Gasteiger charge is -2.24. The van der Waals surface area contributed by atoms with Gasteiger partial charge in [0.1, 0.15) is 25.2 Å². The van der Waals surface area contributed by atoms with Crippen LogP contribution in [0.25, 0.3) is 0 Å². The molecule has 1 aromatic rings. The highest BCUT2D eigenvalue weighted by Gasteiger charge is 2.56. The predicted molar refractivity (Wildman–Crippen MR) is 78.9 cm³/mol. The molecule has 1 unspecified atom stereocenters. The van der Waals surface area contributed by atoms with Crippen LogP contribution in [0.3, 0.4) is 0 Å². The largest absolute Gasteiger partial charge is 0.487 e. The van der Waals surface area contributed by atoms with Gasteiger partial charge in [0.05, 0.1) is 5.71 Å². The first-order chi connectivity index (χ1) is 10.8. The van der Waals surface area contributed by atoms with Gasteiger partial charge in [-0.25, -0.2) is 4.99 Å². The van der Waals surface area contributed by atoms with Gasteiger partial charge in [-0.1, -0.05) is 18.2 Å². The van der Waals surface area contributed by atoms with Crippen LogP contribution < -0.4 is 14.2 Å². The minimum atomic E-state index is -0.814. The van der Waals surface area contributed by atoms with Crippen molar-refractivity contribution in [1.82, 2.24) is 0 Å². The lowest BCUT2D eigenvalue weighted by Crippen LogP contribution is -2.36. The molecule has 1 atom stereocenters. The number of benzene rings is 1. The van der Waals surface area contributed by atoms with Crippen LogP contribution in [0.2, 0.25) is 0 Å². The molecule has 0 radical (unpaired) electrons. The zero-order valence-electron chi connectivity index (χ0n) is 11.8. The van der Waals surface area contributed by atoms with Crippen molar-refractivity contribution in [1.29, 1.82) is 0 Å². The van der Waals surface area contributed by atoms with E-state index in [9.17, 15) is 4.79 Å². The Labute approximate surface area is 126 Å². The maximum absolute atomic E-state index is 12.7. The van der Waals surface area contributed by atoms with Crippen LogP contribution in [0.5, 0.6) is 17.2 Å². The molecule has 5 nitrogen and oxygen atoms in total. The molecule has 110 valence electrons. The van der Waals surface area contributed by atoms with Gasteiger partial charge in [0.2, 0.25) is 5.75 Å². The van der Waals surface area contributed by atoms with Crippen molar-refractivity contribution in [3.63, 3.8) is 0 Å². The monoisotopic (exact) mass is 295 g/mol. The number of hydrogen-bond donors (Lipinski definition) is 0. The van der Waals surface area contributed by atoms with E-state index in [-0.39, 0.29) is 12.5 Å². The summed E-state index contributed by atoms with van der Waals surface area (Å²) in [5, 5.41) is 0. The Morgan fingerprint density at radius 2 is 2.00 bits per heavy atom. The fraction of sp³-hybridized carbons (Fsp3) is 0.294. The van der Waals surface area contributed by atoms with Crippen molar-refractivity contribution in [3.05, 3.63) is 41.5 Å². The van der Waals surface area contributed by atoms with Crippen LogP contribution >= 0.6 is 0 Å². The van der Waals surface area contributed by atoms with Crippen LogP contribution in [0, 0.1) is 0 Å². The Kier molecular flexibility index (Phi) is 2.19. The minimum absolute atomic E-state index is 0.145. The van der Waals surface area contributed by atoms with Crippen molar-refractivity contribution in [2.75, 3.05) is 19.8 Å². The van der Waals surface area contributed by atoms with Gasteiger partial charge >= 0.3 is 0 Å². The lowest BCUT2D eigenvalue weighted by atomic mass is 9.74. The van der Waals surface area contributed by atoms with Gasteiger partial charge in [0, 0.05) is 12.0 Å². The summed E-state index contributed by atoms with van der Waals surface area (Å²) in [6.45, 7) is 1.29. The third-order valence-corrected chi connectivity index (χ3v) is 4.64. The average molecular weight is 295 g/mol. The highest BCUT2D eigenvalue weighted by atomic mass is 16.6. The molecule has 0 fully saturated rings. The van der Waals surface area contributed by atoms with Crippen LogP contribution in [-0.4, -0.2) is 31.4 Å². The van der Waals surface area contributed by atoms with E-state index < -0.39 is 5.41 Å². The molecule has 1 aliphatic carbocycles. The van der Waals surface area contributed by atoms with E-state index in [4.69, 9.17) is 14.2 Å². The fourth-order valence-corrected chi connectivity index (χ4v) is 3.61. The number of carbonyl (C=O) groups excluding carboxylic acids is 1. The standard InChI is InChI=1S/C17H13NO4/c19-16-17(10-3-1-2-4-12(10)18-16)9-22-14-11(17)5-6-13-15(14)21-8-7-20-13/h1-3,5-6H,4,7-9H2. The second kappa shape index (κ2) is 4.00. The first kappa shape index (κ1) is 12.0. The third-order valence-electron chi connectivity index (χ3n) is 4.64. The molecule has 5 heteroatoms. The molecular weight excluding hydrogens is 282 g/mol. The van der Waals surface area contributed by atoms with E-state index in [0.717, 1.165) is 16.8 Å². The van der Waals surface area contributed by atoms with Crippen molar-refractivity contribution in [2.45, 2.75) is 11.8 Å². The average Bonchev–Trinajstić information content (AvgIpc) is 3.09. The van der Waals surface area contributed by atoms with Gasteiger partial charge in [-0.15, -0.1) is 0 Å². The Hall–Kier alpha value is -2.56. The van der Waals surface area contributed by atoms with Crippen LogP contribution in [-0.2, 0) is 10.2 Å². The molecule has 1 spiro atoms. The Morgan fingerprint density at radius 1 is 1.09 bits per heavy atom. The van der Waals surface area contributed by atoms with Crippen LogP contribution in [0.1, 0.15) is 12.0 Å². The summed E-state index contributed by atoms with van der Waals surface area (Å²) in [7, 11) is 0. The molecule has 0 saturated heterocycles. The van der Waals surface area contributed by atoms with Crippen molar-refractivity contribution < 1.29 is 19.0 Å². The van der Waals surface area contributed by atoms with Gasteiger partial charge in [0.25, 0.3) is 5.91 Å². The highest BCUT2D eigenvalue weighted by molar-refractivity contribution is 6.22. The Bertz CT molecular complexity index is 805. The SMILES string of the molecule is O=C1N=C2CC=CC=C2C12COc1c2ccc2c1OCCO2. The van der Waals surface area contributed by atoms with Gasteiger partial charge in [-0.3, -0.25) is 4.79 Å². The molecule has 5 rings (SSSR count). The topological polar surface area (TPSA) is 57.1 Å². The molecule has 1 amide bonds.